The quantitative estimate of drug-likeness (QED) is 0.640. The number of nitrogens with zero attached hydrogens (tertiary/aromatic N) is 1. The van der Waals surface area contributed by atoms with Crippen LogP contribution in [0.25, 0.3) is 0 Å². The van der Waals surface area contributed by atoms with Crippen LogP contribution in [0.15, 0.2) is 16.9 Å². The topological polar surface area (TPSA) is 81.2 Å². The van der Waals surface area contributed by atoms with Crippen LogP contribution in [0.2, 0.25) is 0 Å². The highest BCUT2D eigenvalue weighted by atomic mass is 16.5. The summed E-state index contributed by atoms with van der Waals surface area (Å²) < 4.78 is 4.59. The second-order valence-corrected chi connectivity index (χ2v) is 2.72. The molecule has 1 unspecified atom stereocenters. The normalized spacial score (nSPS) is 11.7. The highest BCUT2D eigenvalue weighted by Crippen LogP contribution is 1.93. The molecule has 1 rings (SSSR count). The summed E-state index contributed by atoms with van der Waals surface area (Å²) in [7, 11) is 0. The van der Waals surface area contributed by atoms with Gasteiger partial charge in [-0.15, -0.1) is 12.3 Å². The van der Waals surface area contributed by atoms with Crippen molar-refractivity contribution in [1.29, 1.82) is 0 Å². The lowest BCUT2D eigenvalue weighted by molar-refractivity contribution is -0.122. The molecule has 1 aromatic heterocycles. The minimum Gasteiger partial charge on any atom is -0.364 e. The van der Waals surface area contributed by atoms with Gasteiger partial charge in [0.1, 0.15) is 12.0 Å². The minimum absolute atomic E-state index is 0.227. The summed E-state index contributed by atoms with van der Waals surface area (Å²) in [6.45, 7) is 0.299. The van der Waals surface area contributed by atoms with Crippen molar-refractivity contribution in [3.63, 3.8) is 0 Å². The summed E-state index contributed by atoms with van der Waals surface area (Å²) in [5.74, 6) is 2.04. The lowest BCUT2D eigenvalue weighted by Crippen LogP contribution is -2.39. The number of hydrogen-bond donors (Lipinski definition) is 2. The smallest absolute Gasteiger partial charge is 0.238 e. The second kappa shape index (κ2) is 5.04. The maximum atomic E-state index is 11.2. The van der Waals surface area contributed by atoms with Crippen LogP contribution in [0.5, 0.6) is 0 Å². The average molecular weight is 193 g/mol. The Bertz CT molecular complexity index is 326. The Hall–Kier alpha value is -1.80. The van der Waals surface area contributed by atoms with E-state index in [1.54, 1.807) is 6.07 Å². The molecule has 0 aliphatic rings. The van der Waals surface area contributed by atoms with Gasteiger partial charge in [-0.05, 0) is 0 Å². The summed E-state index contributed by atoms with van der Waals surface area (Å²) in [6.07, 6.45) is 6.68. The van der Waals surface area contributed by atoms with E-state index in [1.807, 2.05) is 0 Å². The van der Waals surface area contributed by atoms with Crippen LogP contribution in [0.3, 0.4) is 0 Å². The molecule has 74 valence electrons. The van der Waals surface area contributed by atoms with Gasteiger partial charge in [-0.25, -0.2) is 0 Å². The summed E-state index contributed by atoms with van der Waals surface area (Å²) >= 11 is 0. The molecule has 14 heavy (non-hydrogen) atoms. The van der Waals surface area contributed by atoms with Crippen molar-refractivity contribution in [3.05, 3.63) is 18.0 Å². The molecule has 0 spiro atoms. The van der Waals surface area contributed by atoms with Gasteiger partial charge < -0.3 is 15.6 Å². The first-order valence-electron chi connectivity index (χ1n) is 4.10. The van der Waals surface area contributed by atoms with E-state index in [2.05, 4.69) is 20.9 Å². The van der Waals surface area contributed by atoms with Crippen LogP contribution in [0, 0.1) is 12.3 Å². The fourth-order valence-corrected chi connectivity index (χ4v) is 0.857. The molecule has 1 amide bonds. The summed E-state index contributed by atoms with van der Waals surface area (Å²) in [4.78, 5) is 11.2. The Balaban J connectivity index is 2.32. The van der Waals surface area contributed by atoms with Crippen molar-refractivity contribution in [1.82, 2.24) is 10.5 Å². The van der Waals surface area contributed by atoms with Crippen LogP contribution < -0.4 is 11.1 Å². The molecular formula is C9H11N3O2. The van der Waals surface area contributed by atoms with Gasteiger partial charge >= 0.3 is 0 Å². The predicted molar refractivity (Wildman–Crippen MR) is 49.8 cm³/mol. The van der Waals surface area contributed by atoms with E-state index in [4.69, 9.17) is 12.2 Å². The van der Waals surface area contributed by atoms with Gasteiger partial charge in [0, 0.05) is 12.5 Å². The van der Waals surface area contributed by atoms with E-state index in [1.165, 1.54) is 6.26 Å². The van der Waals surface area contributed by atoms with Crippen molar-refractivity contribution in [2.75, 3.05) is 0 Å². The molecular weight excluding hydrogens is 182 g/mol. The third-order valence-electron chi connectivity index (χ3n) is 1.61. The summed E-state index contributed by atoms with van der Waals surface area (Å²) in [5, 5.41) is 6.21. The van der Waals surface area contributed by atoms with Crippen molar-refractivity contribution >= 4 is 5.91 Å². The number of aromatic nitrogens is 1. The molecule has 0 aliphatic carbocycles. The third kappa shape index (κ3) is 2.92. The minimum atomic E-state index is -0.660. The van der Waals surface area contributed by atoms with E-state index in [-0.39, 0.29) is 12.3 Å². The maximum Gasteiger partial charge on any atom is 0.238 e. The Kier molecular flexibility index (Phi) is 3.70. The van der Waals surface area contributed by atoms with Crippen LogP contribution in [-0.4, -0.2) is 17.1 Å². The first kappa shape index (κ1) is 10.3. The maximum absolute atomic E-state index is 11.2. The molecule has 0 saturated carbocycles. The van der Waals surface area contributed by atoms with Crippen LogP contribution in [-0.2, 0) is 11.3 Å². The number of hydrogen-bond acceptors (Lipinski definition) is 4. The zero-order chi connectivity index (χ0) is 10.4. The first-order chi connectivity index (χ1) is 6.74. The highest BCUT2D eigenvalue weighted by Gasteiger charge is 2.11. The number of terminal acetylenes is 1. The van der Waals surface area contributed by atoms with Gasteiger partial charge in [0.25, 0.3) is 0 Å². The molecule has 3 N–H and O–H groups in total. The Morgan fingerprint density at radius 1 is 1.86 bits per heavy atom. The molecule has 0 bridgehead atoms. The molecule has 0 aromatic carbocycles. The summed E-state index contributed by atoms with van der Waals surface area (Å²) in [6, 6.07) is 0.999. The predicted octanol–water partition coefficient (Wildman–Crippen LogP) is -0.359. The van der Waals surface area contributed by atoms with Gasteiger partial charge in [0.2, 0.25) is 5.91 Å². The number of nitrogens with one attached hydrogen (secondary N) is 1. The van der Waals surface area contributed by atoms with E-state index in [0.29, 0.717) is 12.2 Å². The zero-order valence-corrected chi connectivity index (χ0v) is 7.56. The second-order valence-electron chi connectivity index (χ2n) is 2.72. The zero-order valence-electron chi connectivity index (χ0n) is 7.56. The monoisotopic (exact) mass is 193 g/mol. The van der Waals surface area contributed by atoms with Gasteiger partial charge in [-0.2, -0.15) is 0 Å². The molecule has 1 atom stereocenters. The Labute approximate surface area is 81.6 Å². The molecule has 0 fully saturated rings. The molecule has 1 aromatic rings. The SMILES string of the molecule is C#CCC(N)C(=O)NCc1ccon1. The van der Waals surface area contributed by atoms with Crippen molar-refractivity contribution in [2.45, 2.75) is 19.0 Å². The number of carbonyl (C=O) groups excluding carboxylic acids is 1. The third-order valence-corrected chi connectivity index (χ3v) is 1.61. The van der Waals surface area contributed by atoms with E-state index >= 15 is 0 Å². The lowest BCUT2D eigenvalue weighted by Gasteiger charge is -2.07. The number of amides is 1. The van der Waals surface area contributed by atoms with E-state index in [0.717, 1.165) is 0 Å². The standard InChI is InChI=1S/C9H11N3O2/c1-2-3-8(10)9(13)11-6-7-4-5-14-12-7/h1,4-5,8H,3,6,10H2,(H,11,13). The van der Waals surface area contributed by atoms with E-state index < -0.39 is 6.04 Å². The van der Waals surface area contributed by atoms with Crippen molar-refractivity contribution < 1.29 is 9.32 Å². The molecule has 1 heterocycles. The largest absolute Gasteiger partial charge is 0.364 e. The van der Waals surface area contributed by atoms with Crippen molar-refractivity contribution in [3.8, 4) is 12.3 Å². The van der Waals surface area contributed by atoms with Crippen LogP contribution >= 0.6 is 0 Å². The average Bonchev–Trinajstić information content (AvgIpc) is 2.67. The van der Waals surface area contributed by atoms with E-state index in [9.17, 15) is 4.79 Å². The Morgan fingerprint density at radius 2 is 2.64 bits per heavy atom. The number of rotatable bonds is 4. The van der Waals surface area contributed by atoms with Gasteiger partial charge in [0.15, 0.2) is 0 Å². The molecule has 0 radical (unpaired) electrons. The fourth-order valence-electron chi connectivity index (χ4n) is 0.857. The van der Waals surface area contributed by atoms with Gasteiger partial charge in [-0.3, -0.25) is 4.79 Å². The first-order valence-corrected chi connectivity index (χ1v) is 4.10. The van der Waals surface area contributed by atoms with Gasteiger partial charge in [0.05, 0.1) is 12.6 Å². The highest BCUT2D eigenvalue weighted by molar-refractivity contribution is 5.81. The summed E-state index contributed by atoms with van der Waals surface area (Å²) in [5.41, 5.74) is 6.11. The van der Waals surface area contributed by atoms with Crippen LogP contribution in [0.1, 0.15) is 12.1 Å². The van der Waals surface area contributed by atoms with Crippen molar-refractivity contribution in [2.24, 2.45) is 5.73 Å². The Morgan fingerprint density at radius 3 is 3.21 bits per heavy atom. The molecule has 0 saturated heterocycles. The lowest BCUT2D eigenvalue weighted by atomic mass is 10.2. The van der Waals surface area contributed by atoms with Gasteiger partial charge in [-0.1, -0.05) is 5.16 Å². The number of carbonyl (C=O) groups is 1. The molecule has 0 aliphatic heterocycles. The number of nitrogens with two attached hydrogens (primary N) is 1. The van der Waals surface area contributed by atoms with Crippen LogP contribution in [0.4, 0.5) is 0 Å². The molecule has 5 heteroatoms. The molecule has 5 nitrogen and oxygen atoms in total. The fraction of sp³-hybridized carbons (Fsp3) is 0.333.